The van der Waals surface area contributed by atoms with Gasteiger partial charge in [0.25, 0.3) is 0 Å². The number of nitrogens with one attached hydrogen (secondary N) is 2. The molecule has 2 aromatic rings. The van der Waals surface area contributed by atoms with Crippen LogP contribution in [0.1, 0.15) is 97.6 Å². The molecule has 28 heteroatoms. The molecule has 0 aliphatic carbocycles. The Kier molecular flexibility index (Phi) is 28.1. The fraction of sp³-hybridized carbons (Fsp3) is 0.556. The third-order valence-electron chi connectivity index (χ3n) is 10.4. The number of carbonyl (C=O) groups excluding carboxylic acids is 3. The highest BCUT2D eigenvalue weighted by Gasteiger charge is 2.50. The fourth-order valence-corrected chi connectivity index (χ4v) is 10.1. The van der Waals surface area contributed by atoms with E-state index in [-0.39, 0.29) is 41.6 Å². The summed E-state index contributed by atoms with van der Waals surface area (Å²) in [7, 11) is -16.4. The Morgan fingerprint density at radius 2 is 1.42 bits per heavy atom. The maximum absolute atomic E-state index is 12.8. The van der Waals surface area contributed by atoms with Crippen molar-refractivity contribution in [2.75, 3.05) is 37.8 Å². The second-order valence-corrected chi connectivity index (χ2v) is 22.3. The summed E-state index contributed by atoms with van der Waals surface area (Å²) in [6.45, 7) is 2.64. The number of nitrogen functional groups attached to an aromatic ring is 1. The van der Waals surface area contributed by atoms with Crippen LogP contribution in [0.4, 0.5) is 5.82 Å². The predicted molar refractivity (Wildman–Crippen MR) is 274 cm³/mol. The van der Waals surface area contributed by atoms with E-state index in [0.717, 1.165) is 86.8 Å². The number of thioether (sulfide) groups is 1. The van der Waals surface area contributed by atoms with E-state index in [1.54, 1.807) is 0 Å². The number of phosphoric ester groups is 3. The predicted octanol–water partition coefficient (Wildman–Crippen LogP) is 5.92. The first-order valence-corrected chi connectivity index (χ1v) is 29.0. The van der Waals surface area contributed by atoms with E-state index < -0.39 is 84.6 Å². The van der Waals surface area contributed by atoms with Crippen molar-refractivity contribution in [1.29, 1.82) is 0 Å². The molecule has 408 valence electrons. The van der Waals surface area contributed by atoms with Gasteiger partial charge in [0.15, 0.2) is 22.8 Å². The second kappa shape index (κ2) is 32.4. The first-order chi connectivity index (χ1) is 34.6. The standard InChI is InChI=1S/C45H70N7O17P3S/c1-4-5-6-7-8-9-10-11-12-13-14-15-16-17-18-19-20-21-22-23-24-25-36(54)73-29-28-47-35(53)26-27-48-43(57)40(56)45(2,3)31-66-72(63,64)69-71(61,62)65-30-34-39(68-70(58,59)60)38(55)44(67-34)52-33-51-37-41(46)49-32-50-42(37)52/h5-6,8-9,11-12,14-15,17-18,20-21,32-34,38-40,44,55-56H,4,7,10,13,16,19,22-31H2,1-3H3,(H,47,53)(H,48,57)(H,61,62)(H,63,64)(H2,46,49,50)(H2,58,59,60)/b6-5-,9-8-,12-11-,15-14-,18-17-,21-20-/t34-,38+,39?,40+,44-/m1/s1. The van der Waals surface area contributed by atoms with E-state index in [0.29, 0.717) is 12.2 Å². The number of imidazole rings is 1. The van der Waals surface area contributed by atoms with Gasteiger partial charge in [-0.25, -0.2) is 28.6 Å². The van der Waals surface area contributed by atoms with Crippen LogP contribution in [0.15, 0.2) is 85.6 Å². The number of aromatic nitrogens is 4. The van der Waals surface area contributed by atoms with Crippen LogP contribution in [-0.4, -0.2) is 123 Å². The Hall–Kier alpha value is -4.00. The molecule has 1 aliphatic heterocycles. The SMILES string of the molecule is CC/C=C\C/C=C\C/C=C\C/C=C\C/C=C\C/C=C\CCCCC(=O)SCCNC(=O)CCNC(=O)[C@H](O)C(C)(C)COP(=O)(O)OP(=O)(O)OC[C@H]1O[C@@H](n2cnc3c(N)ncnc32)[C@@H](O)C1OP(=O)(O)O. The average Bonchev–Trinajstić information content (AvgIpc) is 3.88. The second-order valence-electron chi connectivity index (χ2n) is 17.0. The van der Waals surface area contributed by atoms with Crippen molar-refractivity contribution in [3.63, 3.8) is 0 Å². The molecule has 3 unspecified atom stereocenters. The Morgan fingerprint density at radius 3 is 2.03 bits per heavy atom. The minimum atomic E-state index is -5.58. The van der Waals surface area contributed by atoms with Crippen molar-refractivity contribution in [3.05, 3.63) is 85.6 Å². The topological polar surface area (TPSA) is 364 Å². The maximum atomic E-state index is 12.8. The van der Waals surface area contributed by atoms with E-state index >= 15 is 0 Å². The molecule has 7 atom stereocenters. The molecular formula is C45H70N7O17P3S. The van der Waals surface area contributed by atoms with Gasteiger partial charge in [0, 0.05) is 37.1 Å². The molecule has 1 saturated heterocycles. The molecule has 0 saturated carbocycles. The highest BCUT2D eigenvalue weighted by Crippen LogP contribution is 2.61. The van der Waals surface area contributed by atoms with Crippen molar-refractivity contribution in [2.24, 2.45) is 5.41 Å². The number of aliphatic hydroxyl groups is 2. The lowest BCUT2D eigenvalue weighted by molar-refractivity contribution is -0.137. The molecule has 73 heavy (non-hydrogen) atoms. The van der Waals surface area contributed by atoms with Crippen LogP contribution in [-0.2, 0) is 50.7 Å². The molecule has 2 amide bonds. The van der Waals surface area contributed by atoms with Crippen LogP contribution < -0.4 is 16.4 Å². The summed E-state index contributed by atoms with van der Waals surface area (Å²) >= 11 is 1.12. The van der Waals surface area contributed by atoms with Gasteiger partial charge in [-0.05, 0) is 57.8 Å². The number of amides is 2. The molecule has 10 N–H and O–H groups in total. The third kappa shape index (κ3) is 24.9. The number of nitrogens with two attached hydrogens (primary N) is 1. The van der Waals surface area contributed by atoms with Crippen molar-refractivity contribution >= 4 is 69.1 Å². The van der Waals surface area contributed by atoms with Gasteiger partial charge >= 0.3 is 23.5 Å². The monoisotopic (exact) mass is 1110 g/mol. The number of hydrogen-bond acceptors (Lipinski definition) is 18. The lowest BCUT2D eigenvalue weighted by Crippen LogP contribution is -2.46. The number of nitrogens with zero attached hydrogens (tertiary/aromatic N) is 4. The number of anilines is 1. The number of aliphatic hydroxyl groups excluding tert-OH is 2. The van der Waals surface area contributed by atoms with Gasteiger partial charge < -0.3 is 50.9 Å². The molecule has 2 aromatic heterocycles. The van der Waals surface area contributed by atoms with Crippen molar-refractivity contribution < 1.29 is 80.5 Å². The summed E-state index contributed by atoms with van der Waals surface area (Å²) in [6, 6.07) is 0. The van der Waals surface area contributed by atoms with Crippen LogP contribution >= 0.6 is 35.2 Å². The maximum Gasteiger partial charge on any atom is 0.481 e. The van der Waals surface area contributed by atoms with Gasteiger partial charge in [-0.15, -0.1) is 0 Å². The minimum absolute atomic E-state index is 0.0222. The summed E-state index contributed by atoms with van der Waals surface area (Å²) < 4.78 is 62.5. The minimum Gasteiger partial charge on any atom is -0.386 e. The number of carbonyl (C=O) groups is 3. The highest BCUT2D eigenvalue weighted by molar-refractivity contribution is 8.13. The van der Waals surface area contributed by atoms with Gasteiger partial charge in [-0.3, -0.25) is 32.5 Å². The Labute approximate surface area is 429 Å². The first-order valence-electron chi connectivity index (χ1n) is 23.5. The molecule has 3 rings (SSSR count). The lowest BCUT2D eigenvalue weighted by Gasteiger charge is -2.30. The van der Waals surface area contributed by atoms with Crippen LogP contribution in [0.25, 0.3) is 11.2 Å². The number of rotatable bonds is 35. The quantitative estimate of drug-likeness (QED) is 0.0219. The molecule has 1 aliphatic rings. The Balaban J connectivity index is 1.27. The van der Waals surface area contributed by atoms with Gasteiger partial charge in [-0.2, -0.15) is 4.31 Å². The summed E-state index contributed by atoms with van der Waals surface area (Å²) in [5, 5.41) is 26.6. The highest BCUT2D eigenvalue weighted by atomic mass is 32.2. The number of hydrogen-bond donors (Lipinski definition) is 9. The van der Waals surface area contributed by atoms with Gasteiger partial charge in [0.1, 0.15) is 36.3 Å². The van der Waals surface area contributed by atoms with E-state index in [1.807, 2.05) is 0 Å². The molecule has 24 nitrogen and oxygen atoms in total. The van der Waals surface area contributed by atoms with Gasteiger partial charge in [-0.1, -0.05) is 105 Å². The molecule has 0 bridgehead atoms. The fourth-order valence-electron chi connectivity index (χ4n) is 6.54. The molecular weight excluding hydrogens is 1040 g/mol. The zero-order chi connectivity index (χ0) is 53.9. The van der Waals surface area contributed by atoms with Crippen LogP contribution in [0.3, 0.4) is 0 Å². The summed E-state index contributed by atoms with van der Waals surface area (Å²) in [5.74, 6) is -1.08. The van der Waals surface area contributed by atoms with Crippen molar-refractivity contribution in [2.45, 2.75) is 122 Å². The number of unbranched alkanes of at least 4 members (excludes halogenated alkanes) is 2. The lowest BCUT2D eigenvalue weighted by atomic mass is 9.87. The van der Waals surface area contributed by atoms with E-state index in [2.05, 4.69) is 114 Å². The largest absolute Gasteiger partial charge is 0.481 e. The summed E-state index contributed by atoms with van der Waals surface area (Å²) in [5.41, 5.74) is 4.27. The summed E-state index contributed by atoms with van der Waals surface area (Å²) in [6.07, 6.45) is 27.6. The number of fused-ring (bicyclic) bond motifs is 1. The number of allylic oxidation sites excluding steroid dienone is 12. The molecule has 0 spiro atoms. The number of ether oxygens (including phenoxy) is 1. The smallest absolute Gasteiger partial charge is 0.386 e. The van der Waals surface area contributed by atoms with E-state index in [1.165, 1.54) is 13.8 Å². The molecule has 0 radical (unpaired) electrons. The molecule has 0 aromatic carbocycles. The van der Waals surface area contributed by atoms with Gasteiger partial charge in [0.2, 0.25) is 11.8 Å². The number of phosphoric acid groups is 3. The van der Waals surface area contributed by atoms with Crippen molar-refractivity contribution in [1.82, 2.24) is 30.2 Å². The third-order valence-corrected chi connectivity index (χ3v) is 14.4. The Morgan fingerprint density at radius 1 is 0.836 bits per heavy atom. The first kappa shape index (κ1) is 63.3. The molecule has 1 fully saturated rings. The van der Waals surface area contributed by atoms with Crippen molar-refractivity contribution in [3.8, 4) is 0 Å². The van der Waals surface area contributed by atoms with Crippen LogP contribution in [0.2, 0.25) is 0 Å². The average molecular weight is 1110 g/mol. The normalized spacial score (nSPS) is 20.1. The zero-order valence-electron chi connectivity index (χ0n) is 41.1. The van der Waals surface area contributed by atoms with E-state index in [9.17, 15) is 57.9 Å². The molecule has 3 heterocycles. The van der Waals surface area contributed by atoms with Gasteiger partial charge in [0.05, 0.1) is 19.5 Å². The summed E-state index contributed by atoms with van der Waals surface area (Å²) in [4.78, 5) is 88.5. The Bertz CT molecular complexity index is 2390. The van der Waals surface area contributed by atoms with Crippen LogP contribution in [0, 0.1) is 5.41 Å². The van der Waals surface area contributed by atoms with Crippen LogP contribution in [0.5, 0.6) is 0 Å². The van der Waals surface area contributed by atoms with E-state index in [4.69, 9.17) is 19.5 Å². The zero-order valence-corrected chi connectivity index (χ0v) is 44.6.